The van der Waals surface area contributed by atoms with Crippen LogP contribution in [0, 0.1) is 18.3 Å². The highest BCUT2D eigenvalue weighted by atomic mass is 35.5. The van der Waals surface area contributed by atoms with Gasteiger partial charge in [-0.3, -0.25) is 0 Å². The van der Waals surface area contributed by atoms with Crippen molar-refractivity contribution in [3.63, 3.8) is 0 Å². The number of hydrogen-bond acceptors (Lipinski definition) is 1. The molecular weight excluding hydrogens is 260 g/mol. The van der Waals surface area contributed by atoms with Gasteiger partial charge in [-0.15, -0.1) is 12.3 Å². The highest BCUT2D eigenvalue weighted by Crippen LogP contribution is 2.21. The monoisotopic (exact) mass is 276 g/mol. The summed E-state index contributed by atoms with van der Waals surface area (Å²) in [7, 11) is 0. The van der Waals surface area contributed by atoms with E-state index in [1.54, 1.807) is 12.1 Å². The van der Waals surface area contributed by atoms with E-state index >= 15 is 0 Å². The smallest absolute Gasteiger partial charge is 0.321 e. The van der Waals surface area contributed by atoms with Crippen LogP contribution in [0.2, 0.25) is 5.02 Å². The number of rotatable bonds is 2. The molecule has 1 aliphatic heterocycles. The van der Waals surface area contributed by atoms with Crippen molar-refractivity contribution >= 4 is 23.3 Å². The third-order valence-electron chi connectivity index (χ3n) is 3.38. The maximum absolute atomic E-state index is 12.1. The minimum Gasteiger partial charge on any atom is -0.325 e. The van der Waals surface area contributed by atoms with Gasteiger partial charge in [0.1, 0.15) is 0 Å². The van der Waals surface area contributed by atoms with Gasteiger partial charge in [-0.05, 0) is 37.0 Å². The van der Waals surface area contributed by atoms with Gasteiger partial charge in [0.25, 0.3) is 0 Å². The fraction of sp³-hybridized carbons (Fsp3) is 0.400. The Bertz CT molecular complexity index is 487. The maximum Gasteiger partial charge on any atom is 0.321 e. The number of nitrogens with zero attached hydrogens (tertiary/aromatic N) is 1. The highest BCUT2D eigenvalue weighted by molar-refractivity contribution is 6.30. The van der Waals surface area contributed by atoms with Crippen molar-refractivity contribution in [2.45, 2.75) is 19.3 Å². The molecule has 1 aromatic rings. The van der Waals surface area contributed by atoms with Gasteiger partial charge < -0.3 is 10.2 Å². The van der Waals surface area contributed by atoms with E-state index in [1.165, 1.54) is 0 Å². The molecule has 2 amide bonds. The number of terminal acetylenes is 1. The van der Waals surface area contributed by atoms with Crippen LogP contribution in [0.3, 0.4) is 0 Å². The molecule has 1 fully saturated rings. The van der Waals surface area contributed by atoms with Crippen molar-refractivity contribution in [1.82, 2.24) is 4.90 Å². The van der Waals surface area contributed by atoms with Gasteiger partial charge in [-0.2, -0.15) is 0 Å². The number of nitrogens with one attached hydrogen (secondary N) is 1. The Hall–Kier alpha value is -1.66. The molecular formula is C15H17ClN2O. The van der Waals surface area contributed by atoms with Crippen LogP contribution in [-0.2, 0) is 0 Å². The van der Waals surface area contributed by atoms with E-state index in [0.29, 0.717) is 10.9 Å². The zero-order chi connectivity index (χ0) is 13.7. The molecule has 2 rings (SSSR count). The lowest BCUT2D eigenvalue weighted by atomic mass is 9.94. The predicted octanol–water partition coefficient (Wildman–Crippen LogP) is 3.61. The predicted molar refractivity (Wildman–Crippen MR) is 78.2 cm³/mol. The highest BCUT2D eigenvalue weighted by Gasteiger charge is 2.22. The van der Waals surface area contributed by atoms with Crippen LogP contribution in [0.1, 0.15) is 19.3 Å². The largest absolute Gasteiger partial charge is 0.325 e. The first-order valence-corrected chi connectivity index (χ1v) is 6.82. The molecule has 0 radical (unpaired) electrons. The lowest BCUT2D eigenvalue weighted by Gasteiger charge is -2.31. The van der Waals surface area contributed by atoms with Gasteiger partial charge in [-0.1, -0.05) is 17.7 Å². The Labute approximate surface area is 118 Å². The number of likely N-dealkylation sites (tertiary alicyclic amines) is 1. The van der Waals surface area contributed by atoms with Crippen LogP contribution in [0.5, 0.6) is 0 Å². The SMILES string of the molecule is C#CCC1CCN(C(=O)Nc2cccc(Cl)c2)CC1. The Morgan fingerprint density at radius 1 is 1.47 bits per heavy atom. The maximum atomic E-state index is 12.1. The molecule has 0 aromatic heterocycles. The molecule has 0 aliphatic carbocycles. The molecule has 4 heteroatoms. The van der Waals surface area contributed by atoms with Crippen LogP contribution >= 0.6 is 11.6 Å². The van der Waals surface area contributed by atoms with Gasteiger partial charge in [0.15, 0.2) is 0 Å². The Morgan fingerprint density at radius 2 is 2.21 bits per heavy atom. The Balaban J connectivity index is 1.86. The summed E-state index contributed by atoms with van der Waals surface area (Å²) in [5, 5.41) is 3.48. The van der Waals surface area contributed by atoms with Gasteiger partial charge in [-0.25, -0.2) is 4.79 Å². The molecule has 0 unspecified atom stereocenters. The Kier molecular flexibility index (Phi) is 4.70. The van der Waals surface area contributed by atoms with Crippen molar-refractivity contribution in [2.24, 2.45) is 5.92 Å². The number of halogens is 1. The van der Waals surface area contributed by atoms with Crippen LogP contribution in [0.25, 0.3) is 0 Å². The molecule has 0 bridgehead atoms. The number of hydrogen-bond donors (Lipinski definition) is 1. The average molecular weight is 277 g/mol. The fourth-order valence-electron chi connectivity index (χ4n) is 2.28. The second-order valence-electron chi connectivity index (χ2n) is 4.78. The molecule has 1 aromatic carbocycles. The zero-order valence-corrected chi connectivity index (χ0v) is 11.5. The minimum atomic E-state index is -0.0681. The molecule has 0 saturated carbocycles. The van der Waals surface area contributed by atoms with Gasteiger partial charge in [0.05, 0.1) is 0 Å². The van der Waals surface area contributed by atoms with E-state index in [2.05, 4.69) is 11.2 Å². The van der Waals surface area contributed by atoms with Gasteiger partial charge >= 0.3 is 6.03 Å². The van der Waals surface area contributed by atoms with E-state index in [1.807, 2.05) is 17.0 Å². The van der Waals surface area contributed by atoms with E-state index in [-0.39, 0.29) is 6.03 Å². The second kappa shape index (κ2) is 6.49. The molecule has 100 valence electrons. The molecule has 0 atom stereocenters. The summed E-state index contributed by atoms with van der Waals surface area (Å²) in [5.74, 6) is 3.25. The van der Waals surface area contributed by atoms with Crippen molar-refractivity contribution in [2.75, 3.05) is 18.4 Å². The first kappa shape index (κ1) is 13.8. The number of benzene rings is 1. The summed E-state index contributed by atoms with van der Waals surface area (Å²) in [6.45, 7) is 1.53. The van der Waals surface area contributed by atoms with Crippen LogP contribution < -0.4 is 5.32 Å². The standard InChI is InChI=1S/C15H17ClN2O/c1-2-4-12-7-9-18(10-8-12)15(19)17-14-6-3-5-13(16)11-14/h1,3,5-6,11-12H,4,7-10H2,(H,17,19). The van der Waals surface area contributed by atoms with Crippen LogP contribution in [-0.4, -0.2) is 24.0 Å². The molecule has 3 nitrogen and oxygen atoms in total. The topological polar surface area (TPSA) is 32.3 Å². The average Bonchev–Trinajstić information content (AvgIpc) is 2.40. The van der Waals surface area contributed by atoms with Crippen molar-refractivity contribution < 1.29 is 4.79 Å². The Morgan fingerprint density at radius 3 is 2.84 bits per heavy atom. The number of anilines is 1. The molecule has 1 aliphatic rings. The summed E-state index contributed by atoms with van der Waals surface area (Å²) in [5.41, 5.74) is 0.725. The molecule has 1 heterocycles. The summed E-state index contributed by atoms with van der Waals surface area (Å²) in [6, 6.07) is 7.10. The number of piperidine rings is 1. The fourth-order valence-corrected chi connectivity index (χ4v) is 2.47. The third kappa shape index (κ3) is 3.90. The summed E-state index contributed by atoms with van der Waals surface area (Å²) < 4.78 is 0. The van der Waals surface area contributed by atoms with E-state index in [4.69, 9.17) is 18.0 Å². The van der Waals surface area contributed by atoms with Crippen LogP contribution in [0.15, 0.2) is 24.3 Å². The quantitative estimate of drug-likeness (QED) is 0.823. The summed E-state index contributed by atoms with van der Waals surface area (Å²) >= 11 is 5.88. The van der Waals surface area contributed by atoms with E-state index in [9.17, 15) is 4.79 Å². The molecule has 1 saturated heterocycles. The lowest BCUT2D eigenvalue weighted by molar-refractivity contribution is 0.183. The zero-order valence-electron chi connectivity index (χ0n) is 10.7. The summed E-state index contributed by atoms with van der Waals surface area (Å²) in [6.07, 6.45) is 8.08. The van der Waals surface area contributed by atoms with Crippen molar-refractivity contribution in [3.8, 4) is 12.3 Å². The normalized spacial score (nSPS) is 15.9. The number of carbonyl (C=O) groups excluding carboxylic acids is 1. The molecule has 0 spiro atoms. The summed E-state index contributed by atoms with van der Waals surface area (Å²) in [4.78, 5) is 13.9. The second-order valence-corrected chi connectivity index (χ2v) is 5.22. The van der Waals surface area contributed by atoms with E-state index in [0.717, 1.165) is 38.0 Å². The third-order valence-corrected chi connectivity index (χ3v) is 3.62. The van der Waals surface area contributed by atoms with Crippen molar-refractivity contribution in [1.29, 1.82) is 0 Å². The van der Waals surface area contributed by atoms with Crippen LogP contribution in [0.4, 0.5) is 10.5 Å². The first-order chi connectivity index (χ1) is 9.19. The number of carbonyl (C=O) groups is 1. The number of urea groups is 1. The van der Waals surface area contributed by atoms with Gasteiger partial charge in [0, 0.05) is 30.2 Å². The molecule has 1 N–H and O–H groups in total. The van der Waals surface area contributed by atoms with Gasteiger partial charge in [0.2, 0.25) is 0 Å². The van der Waals surface area contributed by atoms with Crippen molar-refractivity contribution in [3.05, 3.63) is 29.3 Å². The number of amides is 2. The van der Waals surface area contributed by atoms with E-state index < -0.39 is 0 Å². The first-order valence-electron chi connectivity index (χ1n) is 6.44. The molecule has 19 heavy (non-hydrogen) atoms. The lowest BCUT2D eigenvalue weighted by Crippen LogP contribution is -2.41. The minimum absolute atomic E-state index is 0.0681.